The summed E-state index contributed by atoms with van der Waals surface area (Å²) < 4.78 is 30.5. The minimum Gasteiger partial charge on any atom is -0.493 e. The zero-order valence-corrected chi connectivity index (χ0v) is 12.8. The van der Waals surface area contributed by atoms with E-state index in [2.05, 4.69) is 0 Å². The third-order valence-corrected chi connectivity index (χ3v) is 4.30. The first-order chi connectivity index (χ1) is 9.84. The van der Waals surface area contributed by atoms with Crippen molar-refractivity contribution in [2.75, 3.05) is 6.61 Å². The molecule has 2 rings (SSSR count). The molecule has 0 radical (unpaired) electrons. The molecule has 0 saturated heterocycles. The van der Waals surface area contributed by atoms with Crippen LogP contribution in [-0.2, 0) is 20.4 Å². The van der Waals surface area contributed by atoms with Gasteiger partial charge >= 0.3 is 5.97 Å². The number of ether oxygens (including phenoxy) is 1. The van der Waals surface area contributed by atoms with Gasteiger partial charge in [0.25, 0.3) is 9.05 Å². The van der Waals surface area contributed by atoms with E-state index in [4.69, 9.17) is 20.5 Å². The number of aromatic nitrogens is 1. The molecule has 21 heavy (non-hydrogen) atoms. The summed E-state index contributed by atoms with van der Waals surface area (Å²) in [6.45, 7) is 2.31. The van der Waals surface area contributed by atoms with Gasteiger partial charge in [-0.3, -0.25) is 4.79 Å². The van der Waals surface area contributed by atoms with Gasteiger partial charge in [0.2, 0.25) is 0 Å². The molecular formula is C13H14ClNO5S. The Morgan fingerprint density at radius 2 is 2.14 bits per heavy atom. The molecule has 0 aliphatic heterocycles. The number of carboxylic acid groups (broad SMARTS) is 1. The number of hydrogen-bond donors (Lipinski definition) is 1. The minimum absolute atomic E-state index is 0.0754. The Bertz CT molecular complexity index is 781. The third-order valence-electron chi connectivity index (χ3n) is 2.96. The lowest BCUT2D eigenvalue weighted by Gasteiger charge is -2.07. The molecule has 0 spiro atoms. The molecule has 0 saturated carbocycles. The van der Waals surface area contributed by atoms with E-state index in [9.17, 15) is 13.2 Å². The molecule has 1 aromatic heterocycles. The van der Waals surface area contributed by atoms with Crippen LogP contribution < -0.4 is 4.74 Å². The van der Waals surface area contributed by atoms with Crippen LogP contribution in [0.5, 0.6) is 5.75 Å². The maximum atomic E-state index is 11.7. The Morgan fingerprint density at radius 3 is 2.71 bits per heavy atom. The minimum atomic E-state index is -3.96. The van der Waals surface area contributed by atoms with E-state index in [1.54, 1.807) is 29.7 Å². The van der Waals surface area contributed by atoms with Crippen molar-refractivity contribution in [3.63, 3.8) is 0 Å². The lowest BCUT2D eigenvalue weighted by molar-refractivity contribution is -0.137. The van der Waals surface area contributed by atoms with E-state index < -0.39 is 15.0 Å². The van der Waals surface area contributed by atoms with Gasteiger partial charge in [0.1, 0.15) is 10.6 Å². The summed E-state index contributed by atoms with van der Waals surface area (Å²) in [6, 6.07) is 5.07. The predicted octanol–water partition coefficient (Wildman–Crippen LogP) is 2.44. The fourth-order valence-electron chi connectivity index (χ4n) is 2.14. The number of benzene rings is 1. The third kappa shape index (κ3) is 3.30. The van der Waals surface area contributed by atoms with Gasteiger partial charge in [0, 0.05) is 23.4 Å². The Balaban J connectivity index is 2.67. The first-order valence-corrected chi connectivity index (χ1v) is 8.56. The van der Waals surface area contributed by atoms with Crippen LogP contribution >= 0.6 is 10.7 Å². The van der Waals surface area contributed by atoms with Crippen molar-refractivity contribution in [3.8, 4) is 5.75 Å². The molecule has 6 nitrogen and oxygen atoms in total. The summed E-state index contributed by atoms with van der Waals surface area (Å²) in [4.78, 5) is 10.6. The molecule has 0 aliphatic rings. The molecule has 0 unspecified atom stereocenters. The van der Waals surface area contributed by atoms with Crippen molar-refractivity contribution >= 4 is 36.6 Å². The predicted molar refractivity (Wildman–Crippen MR) is 78.4 cm³/mol. The zero-order valence-electron chi connectivity index (χ0n) is 11.2. The van der Waals surface area contributed by atoms with Crippen LogP contribution in [0.1, 0.15) is 13.3 Å². The van der Waals surface area contributed by atoms with Gasteiger partial charge in [0.15, 0.2) is 0 Å². The Labute approximate surface area is 126 Å². The molecular weight excluding hydrogens is 318 g/mol. The van der Waals surface area contributed by atoms with Gasteiger partial charge in [-0.15, -0.1) is 0 Å². The second-order valence-corrected chi connectivity index (χ2v) is 6.89. The lowest BCUT2D eigenvalue weighted by atomic mass is 10.2. The number of fused-ring (bicyclic) bond motifs is 1. The highest BCUT2D eigenvalue weighted by atomic mass is 35.7. The summed E-state index contributed by atoms with van der Waals surface area (Å²) in [5, 5.41) is 9.14. The Kier molecular flexibility index (Phi) is 4.43. The van der Waals surface area contributed by atoms with Crippen molar-refractivity contribution in [3.05, 3.63) is 24.4 Å². The van der Waals surface area contributed by atoms with E-state index in [0.717, 1.165) is 0 Å². The largest absolute Gasteiger partial charge is 0.493 e. The van der Waals surface area contributed by atoms with Crippen molar-refractivity contribution in [1.82, 2.24) is 4.57 Å². The van der Waals surface area contributed by atoms with Gasteiger partial charge in [-0.25, -0.2) is 8.42 Å². The number of carboxylic acids is 1. The topological polar surface area (TPSA) is 85.6 Å². The highest BCUT2D eigenvalue weighted by molar-refractivity contribution is 8.14. The van der Waals surface area contributed by atoms with E-state index in [-0.39, 0.29) is 17.9 Å². The summed E-state index contributed by atoms with van der Waals surface area (Å²) >= 11 is 0. The van der Waals surface area contributed by atoms with Crippen molar-refractivity contribution in [2.45, 2.75) is 24.8 Å². The lowest BCUT2D eigenvalue weighted by Crippen LogP contribution is -2.03. The maximum Gasteiger partial charge on any atom is 0.305 e. The van der Waals surface area contributed by atoms with E-state index in [1.165, 1.54) is 6.20 Å². The number of nitrogens with zero attached hydrogens (tertiary/aromatic N) is 1. The number of rotatable bonds is 6. The highest BCUT2D eigenvalue weighted by Gasteiger charge is 2.22. The molecule has 8 heteroatoms. The van der Waals surface area contributed by atoms with Gasteiger partial charge in [-0.05, 0) is 19.1 Å². The maximum absolute atomic E-state index is 11.7. The smallest absolute Gasteiger partial charge is 0.305 e. The molecule has 2 aromatic rings. The molecule has 114 valence electrons. The molecule has 0 atom stereocenters. The molecule has 1 N–H and O–H groups in total. The van der Waals surface area contributed by atoms with E-state index >= 15 is 0 Å². The van der Waals surface area contributed by atoms with E-state index in [0.29, 0.717) is 23.3 Å². The fourth-order valence-corrected chi connectivity index (χ4v) is 3.20. The van der Waals surface area contributed by atoms with Crippen LogP contribution in [0.15, 0.2) is 29.3 Å². The SMILES string of the molecule is CCOc1cccc2c1c(S(=O)(=O)Cl)cn2CCC(=O)O. The van der Waals surface area contributed by atoms with Crippen LogP contribution in [0.4, 0.5) is 0 Å². The molecule has 0 fully saturated rings. The van der Waals surface area contributed by atoms with Crippen LogP contribution in [0.3, 0.4) is 0 Å². The first-order valence-electron chi connectivity index (χ1n) is 6.25. The van der Waals surface area contributed by atoms with Crippen molar-refractivity contribution in [2.24, 2.45) is 0 Å². The molecule has 1 aromatic carbocycles. The average Bonchev–Trinajstić information content (AvgIpc) is 2.76. The van der Waals surface area contributed by atoms with Crippen molar-refractivity contribution < 1.29 is 23.1 Å². The number of carbonyl (C=O) groups is 1. The van der Waals surface area contributed by atoms with Gasteiger partial charge in [-0.2, -0.15) is 0 Å². The van der Waals surface area contributed by atoms with Crippen molar-refractivity contribution in [1.29, 1.82) is 0 Å². The number of halogens is 1. The normalized spacial score (nSPS) is 11.7. The average molecular weight is 332 g/mol. The Morgan fingerprint density at radius 1 is 1.43 bits per heavy atom. The fraction of sp³-hybridized carbons (Fsp3) is 0.308. The monoisotopic (exact) mass is 331 g/mol. The quantitative estimate of drug-likeness (QED) is 0.822. The van der Waals surface area contributed by atoms with Gasteiger partial charge < -0.3 is 14.4 Å². The first kappa shape index (κ1) is 15.7. The molecule has 0 bridgehead atoms. The number of hydrogen-bond acceptors (Lipinski definition) is 4. The molecule has 1 heterocycles. The van der Waals surface area contributed by atoms with Gasteiger partial charge in [0.05, 0.1) is 23.9 Å². The Hall–Kier alpha value is -1.73. The van der Waals surface area contributed by atoms with E-state index in [1.807, 2.05) is 0 Å². The second kappa shape index (κ2) is 5.95. The van der Waals surface area contributed by atoms with Crippen LogP contribution in [-0.4, -0.2) is 30.7 Å². The highest BCUT2D eigenvalue weighted by Crippen LogP contribution is 2.35. The summed E-state index contributed by atoms with van der Waals surface area (Å²) in [5.74, 6) is -0.559. The van der Waals surface area contributed by atoms with Crippen LogP contribution in [0, 0.1) is 0 Å². The molecule has 0 aliphatic carbocycles. The van der Waals surface area contributed by atoms with Crippen LogP contribution in [0.25, 0.3) is 10.9 Å². The summed E-state index contributed by atoms with van der Waals surface area (Å²) in [7, 11) is 1.51. The number of aryl methyl sites for hydroxylation is 1. The number of aliphatic carboxylic acids is 1. The van der Waals surface area contributed by atoms with Gasteiger partial charge in [-0.1, -0.05) is 6.07 Å². The second-order valence-electron chi connectivity index (χ2n) is 4.35. The standard InChI is InChI=1S/C13H14ClNO5S/c1-2-20-10-5-3-4-9-13(10)11(21(14,18)19)8-15(9)7-6-12(16)17/h3-5,8H,2,6-7H2,1H3,(H,16,17). The zero-order chi connectivity index (χ0) is 15.6. The molecule has 0 amide bonds. The van der Waals surface area contributed by atoms with Crippen LogP contribution in [0.2, 0.25) is 0 Å². The summed E-state index contributed by atoms with van der Waals surface area (Å²) in [6.07, 6.45) is 1.23. The summed E-state index contributed by atoms with van der Waals surface area (Å²) in [5.41, 5.74) is 0.571.